The molecule has 5 nitrogen and oxygen atoms in total. The number of sulfonamides is 1. The van der Waals surface area contributed by atoms with Crippen molar-refractivity contribution in [2.75, 3.05) is 19.8 Å². The van der Waals surface area contributed by atoms with E-state index in [9.17, 15) is 8.42 Å². The Morgan fingerprint density at radius 3 is 2.60 bits per heavy atom. The fourth-order valence-electron chi connectivity index (χ4n) is 3.40. The predicted molar refractivity (Wildman–Crippen MR) is 94.8 cm³/mol. The third-order valence-corrected chi connectivity index (χ3v) is 6.84. The van der Waals surface area contributed by atoms with Crippen LogP contribution in [-0.2, 0) is 10.0 Å². The molecule has 1 saturated heterocycles. The van der Waals surface area contributed by atoms with E-state index in [-0.39, 0.29) is 10.9 Å². The first-order chi connectivity index (χ1) is 12.1. The summed E-state index contributed by atoms with van der Waals surface area (Å²) in [5.41, 5.74) is 0.850. The lowest BCUT2D eigenvalue weighted by molar-refractivity contribution is 0.171. The van der Waals surface area contributed by atoms with Crippen molar-refractivity contribution in [1.82, 2.24) is 4.31 Å². The van der Waals surface area contributed by atoms with Crippen LogP contribution in [-0.4, -0.2) is 32.5 Å². The van der Waals surface area contributed by atoms with E-state index in [0.29, 0.717) is 36.3 Å². The summed E-state index contributed by atoms with van der Waals surface area (Å²) >= 11 is 6.30. The molecule has 0 aromatic heterocycles. The topological polar surface area (TPSA) is 55.8 Å². The van der Waals surface area contributed by atoms with Crippen LogP contribution in [0.15, 0.2) is 47.4 Å². The van der Waals surface area contributed by atoms with Gasteiger partial charge in [0.15, 0.2) is 11.5 Å². The van der Waals surface area contributed by atoms with Crippen LogP contribution in [0.2, 0.25) is 5.02 Å². The highest BCUT2D eigenvalue weighted by Gasteiger charge is 2.37. The van der Waals surface area contributed by atoms with E-state index in [0.717, 1.165) is 18.4 Å². The third kappa shape index (κ3) is 2.99. The van der Waals surface area contributed by atoms with E-state index in [1.807, 2.05) is 18.2 Å². The van der Waals surface area contributed by atoms with Crippen molar-refractivity contribution < 1.29 is 17.9 Å². The van der Waals surface area contributed by atoms with Crippen molar-refractivity contribution in [2.24, 2.45) is 0 Å². The van der Waals surface area contributed by atoms with E-state index in [1.54, 1.807) is 28.6 Å². The van der Waals surface area contributed by atoms with Crippen molar-refractivity contribution in [3.8, 4) is 11.5 Å². The first-order valence-corrected chi connectivity index (χ1v) is 10.0. The molecule has 2 aromatic rings. The molecule has 25 heavy (non-hydrogen) atoms. The molecule has 1 atom stereocenters. The minimum Gasteiger partial charge on any atom is -0.486 e. The minimum absolute atomic E-state index is 0.218. The van der Waals surface area contributed by atoms with Crippen molar-refractivity contribution >= 4 is 21.6 Å². The first kappa shape index (κ1) is 16.7. The largest absolute Gasteiger partial charge is 0.486 e. The highest BCUT2D eigenvalue weighted by Crippen LogP contribution is 2.40. The molecule has 0 bridgehead atoms. The van der Waals surface area contributed by atoms with Crippen molar-refractivity contribution in [2.45, 2.75) is 23.8 Å². The SMILES string of the molecule is O=S(=O)(c1ccc2c(c1)OCCO2)N1CCC[C@@H]1c1ccccc1Cl. The van der Waals surface area contributed by atoms with Crippen LogP contribution in [0.5, 0.6) is 11.5 Å². The number of fused-ring (bicyclic) bond motifs is 1. The van der Waals surface area contributed by atoms with Crippen molar-refractivity contribution in [1.29, 1.82) is 0 Å². The maximum atomic E-state index is 13.2. The molecule has 0 saturated carbocycles. The lowest BCUT2D eigenvalue weighted by Crippen LogP contribution is -2.31. The molecular formula is C18H18ClNO4S. The van der Waals surface area contributed by atoms with Crippen LogP contribution < -0.4 is 9.47 Å². The Morgan fingerprint density at radius 1 is 1.04 bits per heavy atom. The van der Waals surface area contributed by atoms with Crippen LogP contribution in [0.3, 0.4) is 0 Å². The summed E-state index contributed by atoms with van der Waals surface area (Å²) in [4.78, 5) is 0.218. The predicted octanol–water partition coefficient (Wildman–Crippen LogP) is 3.64. The van der Waals surface area contributed by atoms with E-state index in [4.69, 9.17) is 21.1 Å². The van der Waals surface area contributed by atoms with Gasteiger partial charge < -0.3 is 9.47 Å². The van der Waals surface area contributed by atoms with Crippen LogP contribution >= 0.6 is 11.6 Å². The van der Waals surface area contributed by atoms with Gasteiger partial charge in [-0.2, -0.15) is 4.31 Å². The normalized spacial score (nSPS) is 20.6. The van der Waals surface area contributed by atoms with E-state index in [1.165, 1.54) is 0 Å². The van der Waals surface area contributed by atoms with Crippen LogP contribution in [0.4, 0.5) is 0 Å². The van der Waals surface area contributed by atoms with E-state index in [2.05, 4.69) is 0 Å². The summed E-state index contributed by atoms with van der Waals surface area (Å²) in [5, 5.41) is 0.594. The minimum atomic E-state index is -3.65. The molecule has 132 valence electrons. The first-order valence-electron chi connectivity index (χ1n) is 8.23. The van der Waals surface area contributed by atoms with Gasteiger partial charge in [0.25, 0.3) is 0 Å². The lowest BCUT2D eigenvalue weighted by atomic mass is 10.1. The fourth-order valence-corrected chi connectivity index (χ4v) is 5.36. The Bertz CT molecular complexity index is 900. The van der Waals surface area contributed by atoms with E-state index >= 15 is 0 Å². The molecule has 2 heterocycles. The number of ether oxygens (including phenoxy) is 2. The Morgan fingerprint density at radius 2 is 1.80 bits per heavy atom. The molecule has 2 aliphatic rings. The summed E-state index contributed by atoms with van der Waals surface area (Å²) < 4.78 is 38.9. The molecule has 0 aliphatic carbocycles. The summed E-state index contributed by atoms with van der Waals surface area (Å²) in [6.45, 7) is 1.37. The Balaban J connectivity index is 1.71. The molecular weight excluding hydrogens is 362 g/mol. The van der Waals surface area contributed by atoms with Crippen molar-refractivity contribution in [3.63, 3.8) is 0 Å². The second kappa shape index (κ2) is 6.52. The molecule has 2 aromatic carbocycles. The quantitative estimate of drug-likeness (QED) is 0.817. The van der Waals surface area contributed by atoms with Gasteiger partial charge in [0, 0.05) is 17.6 Å². The molecule has 4 rings (SSSR count). The van der Waals surface area contributed by atoms with Gasteiger partial charge in [-0.3, -0.25) is 0 Å². The van der Waals surface area contributed by atoms with Crippen molar-refractivity contribution in [3.05, 3.63) is 53.1 Å². The zero-order valence-corrected chi connectivity index (χ0v) is 15.1. The summed E-state index contributed by atoms with van der Waals surface area (Å²) in [7, 11) is -3.65. The molecule has 0 spiro atoms. The molecule has 0 radical (unpaired) electrons. The second-order valence-corrected chi connectivity index (χ2v) is 8.40. The van der Waals surface area contributed by atoms with Gasteiger partial charge in [-0.15, -0.1) is 0 Å². The van der Waals surface area contributed by atoms with Crippen LogP contribution in [0, 0.1) is 0 Å². The molecule has 0 unspecified atom stereocenters. The number of benzene rings is 2. The van der Waals surface area contributed by atoms with Gasteiger partial charge in [0.05, 0.1) is 10.9 Å². The fraction of sp³-hybridized carbons (Fsp3) is 0.333. The zero-order valence-electron chi connectivity index (χ0n) is 13.5. The smallest absolute Gasteiger partial charge is 0.243 e. The molecule has 1 fully saturated rings. The Kier molecular flexibility index (Phi) is 4.35. The average Bonchev–Trinajstić information content (AvgIpc) is 3.12. The summed E-state index contributed by atoms with van der Waals surface area (Å²) in [6.07, 6.45) is 1.56. The van der Waals surface area contributed by atoms with Crippen LogP contribution in [0.25, 0.3) is 0 Å². The number of hydrogen-bond acceptors (Lipinski definition) is 4. The van der Waals surface area contributed by atoms with Gasteiger partial charge in [0.1, 0.15) is 13.2 Å². The number of rotatable bonds is 3. The second-order valence-electron chi connectivity index (χ2n) is 6.10. The lowest BCUT2D eigenvalue weighted by Gasteiger charge is -2.26. The van der Waals surface area contributed by atoms with E-state index < -0.39 is 10.0 Å². The standard InChI is InChI=1S/C18H18ClNO4S/c19-15-5-2-1-4-14(15)16-6-3-9-20(16)25(21,22)13-7-8-17-18(12-13)24-11-10-23-17/h1-2,4-5,7-8,12,16H,3,6,9-11H2/t16-/m1/s1. The van der Waals surface area contributed by atoms with Gasteiger partial charge in [-0.25, -0.2) is 8.42 Å². The van der Waals surface area contributed by atoms with Gasteiger partial charge in [0.2, 0.25) is 10.0 Å². The highest BCUT2D eigenvalue weighted by molar-refractivity contribution is 7.89. The number of hydrogen-bond donors (Lipinski definition) is 0. The molecule has 0 amide bonds. The monoisotopic (exact) mass is 379 g/mol. The number of halogens is 1. The highest BCUT2D eigenvalue weighted by atomic mass is 35.5. The summed E-state index contributed by atoms with van der Waals surface area (Å²) in [6, 6.07) is 12.0. The average molecular weight is 380 g/mol. The Labute approximate surface area is 152 Å². The maximum absolute atomic E-state index is 13.2. The van der Waals surface area contributed by atoms with Gasteiger partial charge in [-0.05, 0) is 36.6 Å². The molecule has 7 heteroatoms. The van der Waals surface area contributed by atoms with Gasteiger partial charge >= 0.3 is 0 Å². The molecule has 2 aliphatic heterocycles. The maximum Gasteiger partial charge on any atom is 0.243 e. The zero-order chi connectivity index (χ0) is 17.4. The molecule has 0 N–H and O–H groups in total. The summed E-state index contributed by atoms with van der Waals surface area (Å²) in [5.74, 6) is 1.05. The Hall–Kier alpha value is -1.76. The van der Waals surface area contributed by atoms with Crippen LogP contribution in [0.1, 0.15) is 24.4 Å². The number of nitrogens with zero attached hydrogens (tertiary/aromatic N) is 1. The van der Waals surface area contributed by atoms with Gasteiger partial charge in [-0.1, -0.05) is 29.8 Å². The third-order valence-electron chi connectivity index (χ3n) is 4.59.